The number of para-hydroxylation sites is 1. The zero-order valence-electron chi connectivity index (χ0n) is 12.6. The molecule has 1 N–H and O–H groups in total. The summed E-state index contributed by atoms with van der Waals surface area (Å²) in [4.78, 5) is 24.8. The van der Waals surface area contributed by atoms with Gasteiger partial charge in [0.05, 0.1) is 19.2 Å². The van der Waals surface area contributed by atoms with Crippen molar-refractivity contribution >= 4 is 11.8 Å². The van der Waals surface area contributed by atoms with Gasteiger partial charge >= 0.3 is 0 Å². The average molecular weight is 303 g/mol. The molecular formula is C15H17N3O4. The Labute approximate surface area is 127 Å². The summed E-state index contributed by atoms with van der Waals surface area (Å²) in [5.41, 5.74) is 0.831. The van der Waals surface area contributed by atoms with E-state index in [-0.39, 0.29) is 18.1 Å². The van der Waals surface area contributed by atoms with Gasteiger partial charge in [-0.15, -0.1) is 0 Å². The molecule has 0 fully saturated rings. The fourth-order valence-electron chi connectivity index (χ4n) is 1.91. The SMILES string of the molecule is CNC(=O)CN(C)C(=O)c1cc(-c2ccccc2OC)on1. The van der Waals surface area contributed by atoms with Gasteiger partial charge in [-0.05, 0) is 12.1 Å². The number of benzene rings is 1. The second-order valence-electron chi connectivity index (χ2n) is 4.61. The number of nitrogens with zero attached hydrogens (tertiary/aromatic N) is 2. The molecule has 22 heavy (non-hydrogen) atoms. The van der Waals surface area contributed by atoms with Crippen LogP contribution in [0.4, 0.5) is 0 Å². The molecule has 2 amide bonds. The number of carbonyl (C=O) groups excluding carboxylic acids is 2. The van der Waals surface area contributed by atoms with Crippen LogP contribution in [0.2, 0.25) is 0 Å². The minimum Gasteiger partial charge on any atom is -0.496 e. The van der Waals surface area contributed by atoms with Crippen molar-refractivity contribution in [1.29, 1.82) is 0 Å². The molecule has 1 aromatic heterocycles. The van der Waals surface area contributed by atoms with E-state index in [1.165, 1.54) is 25.1 Å². The van der Waals surface area contributed by atoms with Gasteiger partial charge in [0.2, 0.25) is 5.91 Å². The quantitative estimate of drug-likeness (QED) is 0.896. The van der Waals surface area contributed by atoms with Crippen LogP contribution in [0.15, 0.2) is 34.9 Å². The molecule has 7 heteroatoms. The average Bonchev–Trinajstić information content (AvgIpc) is 3.03. The lowest BCUT2D eigenvalue weighted by atomic mass is 10.1. The number of amides is 2. The van der Waals surface area contributed by atoms with Gasteiger partial charge in [-0.25, -0.2) is 0 Å². The van der Waals surface area contributed by atoms with Gasteiger partial charge in [0.25, 0.3) is 5.91 Å². The van der Waals surface area contributed by atoms with Gasteiger partial charge in [-0.1, -0.05) is 17.3 Å². The van der Waals surface area contributed by atoms with E-state index in [0.717, 1.165) is 0 Å². The summed E-state index contributed by atoms with van der Waals surface area (Å²) in [6.07, 6.45) is 0. The van der Waals surface area contributed by atoms with Crippen molar-refractivity contribution in [2.45, 2.75) is 0 Å². The zero-order valence-corrected chi connectivity index (χ0v) is 12.6. The van der Waals surface area contributed by atoms with Crippen molar-refractivity contribution in [2.24, 2.45) is 0 Å². The Morgan fingerprint density at radius 3 is 2.77 bits per heavy atom. The molecule has 0 saturated carbocycles. The maximum absolute atomic E-state index is 12.2. The van der Waals surface area contributed by atoms with Gasteiger partial charge in [-0.2, -0.15) is 0 Å². The highest BCUT2D eigenvalue weighted by atomic mass is 16.5. The number of likely N-dealkylation sites (N-methyl/N-ethyl adjacent to an activating group) is 2. The van der Waals surface area contributed by atoms with Gasteiger partial charge in [0, 0.05) is 20.2 Å². The van der Waals surface area contributed by atoms with Crippen molar-refractivity contribution < 1.29 is 18.8 Å². The first kappa shape index (κ1) is 15.6. The number of aromatic nitrogens is 1. The van der Waals surface area contributed by atoms with Crippen LogP contribution in [0.3, 0.4) is 0 Å². The Hall–Kier alpha value is -2.83. The molecule has 1 heterocycles. The molecule has 7 nitrogen and oxygen atoms in total. The van der Waals surface area contributed by atoms with Crippen LogP contribution in [0.1, 0.15) is 10.5 Å². The standard InChI is InChI=1S/C15H17N3O4/c1-16-14(19)9-18(2)15(20)11-8-13(22-17-11)10-6-4-5-7-12(10)21-3/h4-8H,9H2,1-3H3,(H,16,19). The van der Waals surface area contributed by atoms with Gasteiger partial charge in [-0.3, -0.25) is 9.59 Å². The van der Waals surface area contributed by atoms with Crippen molar-refractivity contribution in [3.63, 3.8) is 0 Å². The predicted octanol–water partition coefficient (Wildman–Crippen LogP) is 1.17. The highest BCUT2D eigenvalue weighted by Gasteiger charge is 2.20. The van der Waals surface area contributed by atoms with Gasteiger partial charge < -0.3 is 19.5 Å². The first-order chi connectivity index (χ1) is 10.6. The second kappa shape index (κ2) is 6.75. The molecule has 0 bridgehead atoms. The summed E-state index contributed by atoms with van der Waals surface area (Å²) in [5.74, 6) is 0.392. The van der Waals surface area contributed by atoms with E-state index >= 15 is 0 Å². The first-order valence-electron chi connectivity index (χ1n) is 6.63. The summed E-state index contributed by atoms with van der Waals surface area (Å²) < 4.78 is 10.5. The third-order valence-corrected chi connectivity index (χ3v) is 3.11. The van der Waals surface area contributed by atoms with E-state index in [1.54, 1.807) is 13.2 Å². The molecule has 1 aromatic carbocycles. The summed E-state index contributed by atoms with van der Waals surface area (Å²) in [6, 6.07) is 8.79. The number of hydrogen-bond acceptors (Lipinski definition) is 5. The molecule has 0 aliphatic heterocycles. The lowest BCUT2D eigenvalue weighted by Gasteiger charge is -2.13. The van der Waals surface area contributed by atoms with E-state index in [9.17, 15) is 9.59 Å². The minimum atomic E-state index is -0.395. The number of hydrogen-bond donors (Lipinski definition) is 1. The monoisotopic (exact) mass is 303 g/mol. The fourth-order valence-corrected chi connectivity index (χ4v) is 1.91. The maximum atomic E-state index is 12.2. The van der Waals surface area contributed by atoms with Gasteiger partial charge in [0.15, 0.2) is 11.5 Å². The summed E-state index contributed by atoms with van der Waals surface area (Å²) >= 11 is 0. The molecule has 0 saturated heterocycles. The molecule has 0 spiro atoms. The highest BCUT2D eigenvalue weighted by molar-refractivity contribution is 5.95. The molecule has 2 rings (SSSR count). The Morgan fingerprint density at radius 1 is 1.36 bits per heavy atom. The highest BCUT2D eigenvalue weighted by Crippen LogP contribution is 2.30. The number of methoxy groups -OCH3 is 1. The summed E-state index contributed by atoms with van der Waals surface area (Å²) in [6.45, 7) is -0.0494. The molecule has 116 valence electrons. The number of nitrogens with one attached hydrogen (secondary N) is 1. The molecule has 2 aromatic rings. The predicted molar refractivity (Wildman–Crippen MR) is 79.5 cm³/mol. The number of ether oxygens (including phenoxy) is 1. The van der Waals surface area contributed by atoms with E-state index in [4.69, 9.17) is 9.26 Å². The molecule has 0 unspecified atom stereocenters. The minimum absolute atomic E-state index is 0.0494. The van der Waals surface area contributed by atoms with Crippen LogP contribution < -0.4 is 10.1 Å². The fraction of sp³-hybridized carbons (Fsp3) is 0.267. The largest absolute Gasteiger partial charge is 0.496 e. The molecular weight excluding hydrogens is 286 g/mol. The third kappa shape index (κ3) is 3.25. The van der Waals surface area contributed by atoms with E-state index in [0.29, 0.717) is 17.1 Å². The van der Waals surface area contributed by atoms with E-state index < -0.39 is 5.91 Å². The Bertz CT molecular complexity index is 681. The Morgan fingerprint density at radius 2 is 2.09 bits per heavy atom. The molecule has 0 radical (unpaired) electrons. The topological polar surface area (TPSA) is 84.7 Å². The molecule has 0 aliphatic rings. The van der Waals surface area contributed by atoms with Crippen LogP contribution in [-0.2, 0) is 4.79 Å². The first-order valence-corrected chi connectivity index (χ1v) is 6.63. The van der Waals surface area contributed by atoms with Crippen LogP contribution in [-0.4, -0.2) is 49.6 Å². The van der Waals surface area contributed by atoms with E-state index in [2.05, 4.69) is 10.5 Å². The van der Waals surface area contributed by atoms with Crippen LogP contribution >= 0.6 is 0 Å². The van der Waals surface area contributed by atoms with Crippen LogP contribution in [0.5, 0.6) is 5.75 Å². The third-order valence-electron chi connectivity index (χ3n) is 3.11. The van der Waals surface area contributed by atoms with Gasteiger partial charge in [0.1, 0.15) is 5.75 Å². The van der Waals surface area contributed by atoms with Crippen LogP contribution in [0.25, 0.3) is 11.3 Å². The maximum Gasteiger partial charge on any atom is 0.276 e. The summed E-state index contributed by atoms with van der Waals surface area (Å²) in [5, 5.41) is 6.22. The lowest BCUT2D eigenvalue weighted by molar-refractivity contribution is -0.121. The van der Waals surface area contributed by atoms with Crippen molar-refractivity contribution in [3.05, 3.63) is 36.0 Å². The zero-order chi connectivity index (χ0) is 16.1. The lowest BCUT2D eigenvalue weighted by Crippen LogP contribution is -2.37. The van der Waals surface area contributed by atoms with Crippen molar-refractivity contribution in [2.75, 3.05) is 27.7 Å². The number of rotatable bonds is 5. The van der Waals surface area contributed by atoms with E-state index in [1.807, 2.05) is 18.2 Å². The normalized spacial score (nSPS) is 10.1. The Kier molecular flexibility index (Phi) is 4.77. The second-order valence-corrected chi connectivity index (χ2v) is 4.61. The van der Waals surface area contributed by atoms with Crippen molar-refractivity contribution in [1.82, 2.24) is 15.4 Å². The summed E-state index contributed by atoms with van der Waals surface area (Å²) in [7, 11) is 4.59. The molecule has 0 atom stereocenters. The smallest absolute Gasteiger partial charge is 0.276 e. The number of carbonyl (C=O) groups is 2. The van der Waals surface area contributed by atoms with Crippen molar-refractivity contribution in [3.8, 4) is 17.1 Å². The Balaban J connectivity index is 2.21. The molecule has 0 aliphatic carbocycles. The van der Waals surface area contributed by atoms with Crippen LogP contribution in [0, 0.1) is 0 Å².